The van der Waals surface area contributed by atoms with E-state index in [4.69, 9.17) is 14.7 Å². The first-order valence-electron chi connectivity index (χ1n) is 20.0. The number of hydrogen-bond acceptors (Lipinski definition) is 8. The molecule has 317 valence electrons. The standard InChI is InChI=1S/C31H28N3O.C18H21FNO4Si.Ir/c1-18(2)21-11-8-12-22(19(3)4)29(21)34-28-20(5)32-17-16-26(28)33-31(34)25-14-9-13-24-23-10-6-7-15-27(23)35-30(24)25;1-18(2,22)13-9-15(20-10-16(13)25(3,4)5)12-7-6-11(8-14(12)19)17(21)24-23;/h6-13,15-19H,1-5H3;6,8-10,22-23H,1-5H3;/q2*-1;. The van der Waals surface area contributed by atoms with Crippen molar-refractivity contribution in [3.05, 3.63) is 137 Å². The number of hydrogen-bond donors (Lipinski definition) is 2. The predicted molar refractivity (Wildman–Crippen MR) is 238 cm³/mol. The normalized spacial score (nSPS) is 11.9. The van der Waals surface area contributed by atoms with E-state index in [2.05, 4.69) is 116 Å². The Morgan fingerprint density at radius 1 is 0.918 bits per heavy atom. The molecule has 8 rings (SSSR count). The monoisotopic (exact) mass is 1010 g/mol. The zero-order valence-electron chi connectivity index (χ0n) is 35.9. The molecular formula is C49H49FIrN4O5Si-2. The van der Waals surface area contributed by atoms with Gasteiger partial charge < -0.3 is 24.0 Å². The number of carbonyl (C=O) groups is 1. The number of carbonyl (C=O) groups excluding carboxylic acids is 1. The van der Waals surface area contributed by atoms with E-state index in [1.165, 1.54) is 22.9 Å². The van der Waals surface area contributed by atoms with Crippen LogP contribution in [0.5, 0.6) is 0 Å². The molecule has 0 spiro atoms. The maximum Gasteiger partial charge on any atom is 0.333 e. The SMILES string of the molecule is CC(C)(O)c1cc(-c2[c-]cc(C(=O)OO)cc2F)ncc1[Si](C)(C)C.Cc1nccc2nc(-c3[c-]ccc4c3oc3ccccc34)n(-c3c(C(C)C)cccc3C(C)C)c12.[Ir]. The summed E-state index contributed by atoms with van der Waals surface area (Å²) in [5, 5.41) is 22.1. The summed E-state index contributed by atoms with van der Waals surface area (Å²) in [6, 6.07) is 30.8. The van der Waals surface area contributed by atoms with Gasteiger partial charge in [0, 0.05) is 49.4 Å². The van der Waals surface area contributed by atoms with E-state index in [0.717, 1.165) is 61.3 Å². The van der Waals surface area contributed by atoms with Gasteiger partial charge in [-0.25, -0.2) is 5.26 Å². The van der Waals surface area contributed by atoms with Crippen LogP contribution < -0.4 is 5.19 Å². The average molecular weight is 1010 g/mol. The Kier molecular flexibility index (Phi) is 13.0. The molecule has 0 aliphatic heterocycles. The molecule has 0 aliphatic carbocycles. The van der Waals surface area contributed by atoms with Gasteiger partial charge in [0.2, 0.25) is 0 Å². The van der Waals surface area contributed by atoms with Crippen molar-refractivity contribution in [1.29, 1.82) is 0 Å². The van der Waals surface area contributed by atoms with Crippen molar-refractivity contribution in [3.8, 4) is 28.3 Å². The second-order valence-corrected chi connectivity index (χ2v) is 22.3. The van der Waals surface area contributed by atoms with Gasteiger partial charge in [-0.15, -0.1) is 30.3 Å². The van der Waals surface area contributed by atoms with Gasteiger partial charge in [-0.1, -0.05) is 112 Å². The van der Waals surface area contributed by atoms with Gasteiger partial charge in [0.25, 0.3) is 0 Å². The molecule has 4 aromatic heterocycles. The van der Waals surface area contributed by atoms with Crippen LogP contribution in [0.1, 0.15) is 86.1 Å². The zero-order chi connectivity index (χ0) is 43.3. The number of para-hydroxylation sites is 2. The second-order valence-electron chi connectivity index (χ2n) is 17.2. The molecule has 4 aromatic carbocycles. The molecule has 0 unspecified atom stereocenters. The molecule has 8 aromatic rings. The summed E-state index contributed by atoms with van der Waals surface area (Å²) in [6.45, 7) is 20.8. The Morgan fingerprint density at radius 2 is 1.61 bits per heavy atom. The van der Waals surface area contributed by atoms with Crippen molar-refractivity contribution < 1.29 is 49.0 Å². The minimum atomic E-state index is -1.77. The Hall–Kier alpha value is -5.36. The molecule has 0 bridgehead atoms. The second kappa shape index (κ2) is 17.6. The number of benzene rings is 4. The molecule has 12 heteroatoms. The molecule has 0 aliphatic rings. The summed E-state index contributed by atoms with van der Waals surface area (Å²) in [5.74, 6) is -0.275. The number of furan rings is 1. The molecule has 0 saturated carbocycles. The third-order valence-electron chi connectivity index (χ3n) is 10.7. The van der Waals surface area contributed by atoms with Crippen LogP contribution >= 0.6 is 0 Å². The minimum Gasteiger partial charge on any atom is -0.501 e. The Balaban J connectivity index is 0.000000213. The molecule has 0 atom stereocenters. The van der Waals surface area contributed by atoms with Gasteiger partial charge in [0.05, 0.1) is 41.8 Å². The number of nitrogens with zero attached hydrogens (tertiary/aromatic N) is 4. The van der Waals surface area contributed by atoms with E-state index in [-0.39, 0.29) is 31.2 Å². The van der Waals surface area contributed by atoms with Crippen LogP contribution in [0.25, 0.3) is 61.3 Å². The minimum absolute atomic E-state index is 0. The van der Waals surface area contributed by atoms with Gasteiger partial charge in [-0.3, -0.25) is 19.2 Å². The number of rotatable bonds is 8. The largest absolute Gasteiger partial charge is 0.501 e. The van der Waals surface area contributed by atoms with Crippen LogP contribution in [-0.4, -0.2) is 43.9 Å². The fourth-order valence-electron chi connectivity index (χ4n) is 7.73. The fraction of sp³-hybridized carbons (Fsp3) is 0.265. The number of imidazole rings is 1. The summed E-state index contributed by atoms with van der Waals surface area (Å²) in [6.07, 6.45) is 3.51. The molecule has 2 N–H and O–H groups in total. The summed E-state index contributed by atoms with van der Waals surface area (Å²) in [4.78, 5) is 29.0. The third-order valence-corrected chi connectivity index (χ3v) is 12.7. The van der Waals surface area contributed by atoms with E-state index in [1.807, 2.05) is 36.5 Å². The van der Waals surface area contributed by atoms with E-state index in [1.54, 1.807) is 26.1 Å². The Bertz CT molecular complexity index is 2880. The molecule has 1 radical (unpaired) electrons. The summed E-state index contributed by atoms with van der Waals surface area (Å²) in [7, 11) is -1.77. The van der Waals surface area contributed by atoms with Crippen molar-refractivity contribution in [3.63, 3.8) is 0 Å². The summed E-state index contributed by atoms with van der Waals surface area (Å²) in [5.41, 5.74) is 9.01. The smallest absolute Gasteiger partial charge is 0.333 e. The number of aliphatic hydroxyl groups is 1. The first-order valence-corrected chi connectivity index (χ1v) is 23.5. The van der Waals surface area contributed by atoms with Crippen LogP contribution in [0.15, 0.2) is 95.7 Å². The maximum absolute atomic E-state index is 14.4. The van der Waals surface area contributed by atoms with Gasteiger partial charge in [-0.05, 0) is 77.9 Å². The van der Waals surface area contributed by atoms with Crippen LogP contribution in [0.4, 0.5) is 4.39 Å². The van der Waals surface area contributed by atoms with E-state index in [0.29, 0.717) is 23.1 Å². The van der Waals surface area contributed by atoms with Gasteiger partial charge in [0.15, 0.2) is 0 Å². The van der Waals surface area contributed by atoms with Crippen LogP contribution in [-0.2, 0) is 30.6 Å². The molecule has 9 nitrogen and oxygen atoms in total. The molecule has 0 fully saturated rings. The first kappa shape index (κ1) is 45.2. The topological polar surface area (TPSA) is 124 Å². The number of aromatic nitrogens is 4. The predicted octanol–water partition coefficient (Wildman–Crippen LogP) is 11.4. The summed E-state index contributed by atoms with van der Waals surface area (Å²) < 4.78 is 23.1. The maximum atomic E-state index is 14.4. The van der Waals surface area contributed by atoms with Crippen molar-refractivity contribution in [2.45, 2.75) is 85.5 Å². The van der Waals surface area contributed by atoms with E-state index >= 15 is 0 Å². The van der Waals surface area contributed by atoms with Crippen LogP contribution in [0.3, 0.4) is 0 Å². The number of aryl methyl sites for hydroxylation is 1. The van der Waals surface area contributed by atoms with Gasteiger partial charge >= 0.3 is 5.97 Å². The molecular weight excluding hydrogens is 964 g/mol. The van der Waals surface area contributed by atoms with Crippen molar-refractivity contribution in [2.75, 3.05) is 0 Å². The zero-order valence-corrected chi connectivity index (χ0v) is 39.3. The molecule has 61 heavy (non-hydrogen) atoms. The number of pyridine rings is 2. The number of fused-ring (bicyclic) bond motifs is 4. The summed E-state index contributed by atoms with van der Waals surface area (Å²) >= 11 is 0. The van der Waals surface area contributed by atoms with Crippen LogP contribution in [0, 0.1) is 24.9 Å². The van der Waals surface area contributed by atoms with Crippen molar-refractivity contribution in [1.82, 2.24) is 19.5 Å². The third kappa shape index (κ3) is 8.74. The first-order chi connectivity index (χ1) is 28.4. The quantitative estimate of drug-likeness (QED) is 0.0668. The Morgan fingerprint density at radius 3 is 2.23 bits per heavy atom. The van der Waals surface area contributed by atoms with E-state index < -0.39 is 25.5 Å². The molecule has 4 heterocycles. The fourth-order valence-corrected chi connectivity index (χ4v) is 9.36. The van der Waals surface area contributed by atoms with Crippen molar-refractivity contribution in [2.24, 2.45) is 0 Å². The van der Waals surface area contributed by atoms with Gasteiger partial charge in [-0.2, -0.15) is 0 Å². The molecule has 0 saturated heterocycles. The van der Waals surface area contributed by atoms with Crippen LogP contribution in [0.2, 0.25) is 19.6 Å². The van der Waals surface area contributed by atoms with E-state index in [9.17, 15) is 14.3 Å². The number of halogens is 1. The van der Waals surface area contributed by atoms with Gasteiger partial charge in [0.1, 0.15) is 5.58 Å². The molecule has 0 amide bonds. The Labute approximate surface area is 370 Å². The van der Waals surface area contributed by atoms with Crippen molar-refractivity contribution >= 4 is 52.2 Å². The average Bonchev–Trinajstić information content (AvgIpc) is 3.79.